The summed E-state index contributed by atoms with van der Waals surface area (Å²) >= 11 is 0. The van der Waals surface area contributed by atoms with Gasteiger partial charge >= 0.3 is 11.7 Å². The van der Waals surface area contributed by atoms with Crippen LogP contribution in [0.2, 0.25) is 0 Å². The molecule has 206 valence electrons. The molecule has 0 saturated heterocycles. The number of nitrogens with one attached hydrogen (secondary N) is 1. The minimum atomic E-state index is -0.451. The van der Waals surface area contributed by atoms with Gasteiger partial charge in [-0.2, -0.15) is 0 Å². The zero-order chi connectivity index (χ0) is 28.1. The van der Waals surface area contributed by atoms with Gasteiger partial charge in [-0.3, -0.25) is 14.1 Å². The van der Waals surface area contributed by atoms with Crippen molar-refractivity contribution >= 4 is 5.97 Å². The molecule has 1 aromatic carbocycles. The Morgan fingerprint density at radius 1 is 1.05 bits per heavy atom. The van der Waals surface area contributed by atoms with Crippen LogP contribution in [-0.2, 0) is 24.2 Å². The van der Waals surface area contributed by atoms with E-state index in [0.717, 1.165) is 47.2 Å². The van der Waals surface area contributed by atoms with Gasteiger partial charge in [-0.15, -0.1) is 5.10 Å². The largest absolute Gasteiger partial charge is 0.462 e. The van der Waals surface area contributed by atoms with Crippen molar-refractivity contribution in [1.29, 1.82) is 0 Å². The van der Waals surface area contributed by atoms with Gasteiger partial charge in [0.25, 0.3) is 0 Å². The molecular formula is C29H32N8O3. The number of rotatable bonds is 11. The molecule has 0 aliphatic carbocycles. The standard InChI is InChI=1S/C29H32N8O3/c1-4-7-10-21-19-37(27-25(28(38)40-6-3)14-16-35(27)5-2)29(39)36(21)18-20-17-30-15-13-22(20)23-11-8-9-12-24(23)26-31-33-34-32-26/h8-9,11-17,19H,4-7,10,18H2,1-3H3,(H,31,32,33,34). The van der Waals surface area contributed by atoms with E-state index in [1.807, 2.05) is 54.2 Å². The molecule has 1 N–H and O–H groups in total. The number of H-pyrrole nitrogens is 1. The lowest BCUT2D eigenvalue weighted by molar-refractivity contribution is 0.0526. The SMILES string of the molecule is CCCCc1cn(-c2c(C(=O)OCC)ccn2CC)c(=O)n1Cc1cnccc1-c1ccccc1-c1nnn[nH]1. The molecule has 0 aliphatic heterocycles. The molecule has 5 aromatic rings. The van der Waals surface area contributed by atoms with E-state index >= 15 is 0 Å². The number of aromatic amines is 1. The molecule has 40 heavy (non-hydrogen) atoms. The molecule has 0 aliphatic rings. The Bertz CT molecular complexity index is 1660. The lowest BCUT2D eigenvalue weighted by Gasteiger charge is -2.14. The predicted octanol–water partition coefficient (Wildman–Crippen LogP) is 4.27. The van der Waals surface area contributed by atoms with Crippen LogP contribution in [0.25, 0.3) is 28.3 Å². The molecular weight excluding hydrogens is 508 g/mol. The van der Waals surface area contributed by atoms with Crippen molar-refractivity contribution in [2.45, 2.75) is 53.1 Å². The Labute approximate surface area is 231 Å². The second-order valence-corrected chi connectivity index (χ2v) is 9.35. The number of imidazole rings is 1. The Morgan fingerprint density at radius 2 is 1.88 bits per heavy atom. The Kier molecular flexibility index (Phi) is 7.99. The third-order valence-electron chi connectivity index (χ3n) is 6.90. The number of esters is 1. The van der Waals surface area contributed by atoms with Gasteiger partial charge in [0, 0.05) is 42.6 Å². The number of benzene rings is 1. The molecule has 0 fully saturated rings. The average Bonchev–Trinajstić information content (AvgIpc) is 3.72. The van der Waals surface area contributed by atoms with E-state index in [2.05, 4.69) is 32.5 Å². The van der Waals surface area contributed by atoms with Crippen LogP contribution in [0.15, 0.2) is 66.0 Å². The van der Waals surface area contributed by atoms with Gasteiger partial charge in [0.2, 0.25) is 0 Å². The fourth-order valence-corrected chi connectivity index (χ4v) is 4.94. The third kappa shape index (κ3) is 5.09. The van der Waals surface area contributed by atoms with Crippen LogP contribution >= 0.6 is 0 Å². The number of tetrazole rings is 1. The predicted molar refractivity (Wildman–Crippen MR) is 150 cm³/mol. The normalized spacial score (nSPS) is 11.2. The quantitative estimate of drug-likeness (QED) is 0.248. The smallest absolute Gasteiger partial charge is 0.341 e. The van der Waals surface area contributed by atoms with E-state index in [1.165, 1.54) is 0 Å². The summed E-state index contributed by atoms with van der Waals surface area (Å²) in [5.41, 5.74) is 4.58. The number of nitrogens with zero attached hydrogens (tertiary/aromatic N) is 7. The highest BCUT2D eigenvalue weighted by Gasteiger charge is 2.23. The second-order valence-electron chi connectivity index (χ2n) is 9.35. The first-order valence-electron chi connectivity index (χ1n) is 13.5. The monoisotopic (exact) mass is 540 g/mol. The van der Waals surface area contributed by atoms with Crippen molar-refractivity contribution in [3.05, 3.63) is 88.5 Å². The Balaban J connectivity index is 1.63. The van der Waals surface area contributed by atoms with Crippen LogP contribution in [0, 0.1) is 0 Å². The van der Waals surface area contributed by atoms with Crippen LogP contribution in [0.1, 0.15) is 55.2 Å². The van der Waals surface area contributed by atoms with Crippen LogP contribution < -0.4 is 5.69 Å². The summed E-state index contributed by atoms with van der Waals surface area (Å²) in [6.45, 7) is 7.01. The maximum Gasteiger partial charge on any atom is 0.341 e. The number of unbranched alkanes of at least 4 members (excludes halogenated alkanes) is 1. The maximum atomic E-state index is 14.1. The van der Waals surface area contributed by atoms with Gasteiger partial charge in [0.05, 0.1) is 13.2 Å². The summed E-state index contributed by atoms with van der Waals surface area (Å²) in [4.78, 5) is 31.2. The van der Waals surface area contributed by atoms with Crippen molar-refractivity contribution in [3.63, 3.8) is 0 Å². The zero-order valence-electron chi connectivity index (χ0n) is 22.9. The van der Waals surface area contributed by atoms with Crippen molar-refractivity contribution in [2.24, 2.45) is 0 Å². The number of aryl methyl sites for hydroxylation is 2. The summed E-state index contributed by atoms with van der Waals surface area (Å²) in [5, 5.41) is 14.4. The van der Waals surface area contributed by atoms with Crippen LogP contribution in [-0.4, -0.2) is 51.9 Å². The Hall–Kier alpha value is -4.80. The van der Waals surface area contributed by atoms with Gasteiger partial charge in [-0.1, -0.05) is 37.6 Å². The van der Waals surface area contributed by atoms with Gasteiger partial charge in [0.15, 0.2) is 5.82 Å². The number of carbonyl (C=O) groups is 1. The van der Waals surface area contributed by atoms with Gasteiger partial charge in [-0.05, 0) is 65.9 Å². The number of ether oxygens (including phenoxy) is 1. The highest BCUT2D eigenvalue weighted by molar-refractivity contribution is 5.93. The molecule has 0 atom stereocenters. The van der Waals surface area contributed by atoms with E-state index in [9.17, 15) is 9.59 Å². The maximum absolute atomic E-state index is 14.1. The molecule has 4 aromatic heterocycles. The number of aromatic nitrogens is 8. The first kappa shape index (κ1) is 26.8. The summed E-state index contributed by atoms with van der Waals surface area (Å²) in [7, 11) is 0. The molecule has 0 spiro atoms. The topological polar surface area (TPSA) is 126 Å². The summed E-state index contributed by atoms with van der Waals surface area (Å²) in [6, 6.07) is 11.5. The van der Waals surface area contributed by atoms with Crippen molar-refractivity contribution in [3.8, 4) is 28.3 Å². The first-order valence-corrected chi connectivity index (χ1v) is 13.5. The van der Waals surface area contributed by atoms with Crippen LogP contribution in [0.4, 0.5) is 0 Å². The van der Waals surface area contributed by atoms with Crippen molar-refractivity contribution < 1.29 is 9.53 Å². The lowest BCUT2D eigenvalue weighted by Crippen LogP contribution is -2.27. The van der Waals surface area contributed by atoms with E-state index in [4.69, 9.17) is 4.74 Å². The van der Waals surface area contributed by atoms with Gasteiger partial charge in [0.1, 0.15) is 11.4 Å². The lowest BCUT2D eigenvalue weighted by atomic mass is 9.96. The fourth-order valence-electron chi connectivity index (χ4n) is 4.94. The van der Waals surface area contributed by atoms with Gasteiger partial charge in [-0.25, -0.2) is 14.7 Å². The van der Waals surface area contributed by atoms with Crippen LogP contribution in [0.3, 0.4) is 0 Å². The number of hydrogen-bond donors (Lipinski definition) is 1. The highest BCUT2D eigenvalue weighted by Crippen LogP contribution is 2.32. The van der Waals surface area contributed by atoms with Gasteiger partial charge < -0.3 is 9.30 Å². The second kappa shape index (κ2) is 11.9. The number of hydrogen-bond acceptors (Lipinski definition) is 7. The molecule has 0 bridgehead atoms. The minimum Gasteiger partial charge on any atom is -0.462 e. The van der Waals surface area contributed by atoms with E-state index < -0.39 is 5.97 Å². The summed E-state index contributed by atoms with van der Waals surface area (Å²) in [6.07, 6.45) is 9.81. The zero-order valence-corrected chi connectivity index (χ0v) is 22.9. The van der Waals surface area contributed by atoms with E-state index in [1.54, 1.807) is 34.5 Å². The highest BCUT2D eigenvalue weighted by atomic mass is 16.5. The molecule has 0 saturated carbocycles. The molecule has 5 rings (SSSR count). The van der Waals surface area contributed by atoms with E-state index in [-0.39, 0.29) is 12.3 Å². The summed E-state index contributed by atoms with van der Waals surface area (Å²) in [5.74, 6) is 0.613. The molecule has 11 nitrogen and oxygen atoms in total. The molecule has 0 unspecified atom stereocenters. The first-order chi connectivity index (χ1) is 19.6. The third-order valence-corrected chi connectivity index (χ3v) is 6.90. The molecule has 0 amide bonds. The molecule has 11 heteroatoms. The average molecular weight is 541 g/mol. The van der Waals surface area contributed by atoms with Crippen molar-refractivity contribution in [2.75, 3.05) is 6.61 Å². The van der Waals surface area contributed by atoms with Crippen LogP contribution in [0.5, 0.6) is 0 Å². The molecule has 4 heterocycles. The molecule has 0 radical (unpaired) electrons. The minimum absolute atomic E-state index is 0.229. The van der Waals surface area contributed by atoms with Crippen molar-refractivity contribution in [1.82, 2.24) is 39.3 Å². The Morgan fingerprint density at radius 3 is 2.60 bits per heavy atom. The summed E-state index contributed by atoms with van der Waals surface area (Å²) < 4.78 is 10.5. The van der Waals surface area contributed by atoms with E-state index in [0.29, 0.717) is 30.3 Å². The fraction of sp³-hybridized carbons (Fsp3) is 0.310. The number of carbonyl (C=O) groups excluding carboxylic acids is 1. The number of pyridine rings is 1.